The third kappa shape index (κ3) is 5.27. The van der Waals surface area contributed by atoms with Crippen LogP contribution in [0.25, 0.3) is 0 Å². The van der Waals surface area contributed by atoms with Gasteiger partial charge in [-0.3, -0.25) is 9.59 Å². The van der Waals surface area contributed by atoms with Gasteiger partial charge in [0.05, 0.1) is 10.5 Å². The van der Waals surface area contributed by atoms with Crippen molar-refractivity contribution in [3.63, 3.8) is 0 Å². The van der Waals surface area contributed by atoms with Gasteiger partial charge in [0.1, 0.15) is 5.82 Å². The molecule has 2 amide bonds. The van der Waals surface area contributed by atoms with Crippen molar-refractivity contribution >= 4 is 49.1 Å². The topological polar surface area (TPSA) is 105 Å². The van der Waals surface area contributed by atoms with Crippen LogP contribution in [-0.4, -0.2) is 31.5 Å². The molecule has 0 unspecified atom stereocenters. The minimum Gasteiger partial charge on any atom is -0.322 e. The highest BCUT2D eigenvalue weighted by Gasteiger charge is 2.18. The number of rotatable bonds is 5. The first-order valence-corrected chi connectivity index (χ1v) is 11.1. The molecular formula is C20H16BrN3O4S. The van der Waals surface area contributed by atoms with Crippen LogP contribution in [0.1, 0.15) is 20.7 Å². The lowest BCUT2D eigenvalue weighted by Crippen LogP contribution is -2.17. The molecule has 0 bridgehead atoms. The van der Waals surface area contributed by atoms with E-state index in [2.05, 4.69) is 31.5 Å². The molecule has 7 nitrogen and oxygen atoms in total. The Morgan fingerprint density at radius 3 is 2.38 bits per heavy atom. The van der Waals surface area contributed by atoms with Gasteiger partial charge in [0.15, 0.2) is 9.84 Å². The second-order valence-electron chi connectivity index (χ2n) is 6.12. The van der Waals surface area contributed by atoms with Crippen LogP contribution in [0.5, 0.6) is 0 Å². The molecule has 1 aromatic heterocycles. The van der Waals surface area contributed by atoms with Crippen LogP contribution in [0.4, 0.5) is 11.5 Å². The predicted molar refractivity (Wildman–Crippen MR) is 114 cm³/mol. The minimum atomic E-state index is -3.57. The van der Waals surface area contributed by atoms with Gasteiger partial charge in [-0.15, -0.1) is 0 Å². The third-order valence-corrected chi connectivity index (χ3v) is 5.51. The van der Waals surface area contributed by atoms with Crippen molar-refractivity contribution < 1.29 is 18.0 Å². The van der Waals surface area contributed by atoms with Crippen LogP contribution in [0.3, 0.4) is 0 Å². The molecule has 3 aromatic rings. The Bertz CT molecular complexity index is 1180. The van der Waals surface area contributed by atoms with Crippen LogP contribution in [0, 0.1) is 0 Å². The van der Waals surface area contributed by atoms with E-state index in [9.17, 15) is 18.0 Å². The van der Waals surface area contributed by atoms with Crippen LogP contribution >= 0.6 is 15.9 Å². The second kappa shape index (κ2) is 8.54. The first-order valence-electron chi connectivity index (χ1n) is 8.37. The van der Waals surface area contributed by atoms with Crippen LogP contribution in [0.2, 0.25) is 0 Å². The summed E-state index contributed by atoms with van der Waals surface area (Å²) in [5, 5.41) is 5.30. The summed E-state index contributed by atoms with van der Waals surface area (Å²) in [6, 6.07) is 15.6. The molecule has 148 valence electrons. The molecule has 0 aliphatic heterocycles. The first kappa shape index (κ1) is 20.7. The Balaban J connectivity index is 1.79. The largest absolute Gasteiger partial charge is 0.322 e. The number of pyridine rings is 1. The molecule has 0 radical (unpaired) electrons. The summed E-state index contributed by atoms with van der Waals surface area (Å²) in [6.45, 7) is 0. The average molecular weight is 474 g/mol. The van der Waals surface area contributed by atoms with E-state index in [4.69, 9.17) is 0 Å². The van der Waals surface area contributed by atoms with Gasteiger partial charge in [0.2, 0.25) is 0 Å². The highest BCUT2D eigenvalue weighted by molar-refractivity contribution is 9.10. The fourth-order valence-corrected chi connectivity index (χ4v) is 3.67. The zero-order valence-corrected chi connectivity index (χ0v) is 17.6. The maximum atomic E-state index is 12.6. The summed E-state index contributed by atoms with van der Waals surface area (Å²) < 4.78 is 24.6. The summed E-state index contributed by atoms with van der Waals surface area (Å²) in [5.41, 5.74) is 0.697. The number of hydrogen-bond acceptors (Lipinski definition) is 5. The lowest BCUT2D eigenvalue weighted by Gasteiger charge is -2.10. The van der Waals surface area contributed by atoms with Crippen molar-refractivity contribution in [1.29, 1.82) is 0 Å². The number of carbonyl (C=O) groups excluding carboxylic acids is 2. The smallest absolute Gasteiger partial charge is 0.256 e. The second-order valence-corrected chi connectivity index (χ2v) is 9.02. The molecule has 0 aliphatic carbocycles. The van der Waals surface area contributed by atoms with Crippen molar-refractivity contribution in [2.45, 2.75) is 4.90 Å². The highest BCUT2D eigenvalue weighted by atomic mass is 79.9. The summed E-state index contributed by atoms with van der Waals surface area (Å²) in [4.78, 5) is 29.1. The Kier molecular flexibility index (Phi) is 6.09. The maximum Gasteiger partial charge on any atom is 0.256 e. The van der Waals surface area contributed by atoms with Gasteiger partial charge >= 0.3 is 0 Å². The lowest BCUT2D eigenvalue weighted by atomic mass is 10.1. The van der Waals surface area contributed by atoms with Crippen LogP contribution in [-0.2, 0) is 9.84 Å². The molecule has 0 aliphatic rings. The molecule has 0 saturated heterocycles. The number of aromatic nitrogens is 1. The van der Waals surface area contributed by atoms with E-state index in [0.717, 1.165) is 10.7 Å². The summed E-state index contributed by atoms with van der Waals surface area (Å²) in [7, 11) is -3.57. The van der Waals surface area contributed by atoms with Crippen molar-refractivity contribution in [1.82, 2.24) is 4.98 Å². The van der Waals surface area contributed by atoms with E-state index in [1.807, 2.05) is 0 Å². The van der Waals surface area contributed by atoms with Crippen molar-refractivity contribution in [3.8, 4) is 0 Å². The maximum absolute atomic E-state index is 12.6. The number of nitrogens with zero attached hydrogens (tertiary/aromatic N) is 1. The van der Waals surface area contributed by atoms with Crippen LogP contribution < -0.4 is 10.6 Å². The summed E-state index contributed by atoms with van der Waals surface area (Å²) >= 11 is 3.27. The fourth-order valence-electron chi connectivity index (χ4n) is 2.55. The number of anilines is 2. The number of amides is 2. The summed E-state index contributed by atoms with van der Waals surface area (Å²) in [5.74, 6) is -0.597. The normalized spacial score (nSPS) is 11.0. The molecule has 0 fully saturated rings. The van der Waals surface area contributed by atoms with E-state index in [0.29, 0.717) is 17.1 Å². The average Bonchev–Trinajstić information content (AvgIpc) is 2.69. The number of halogens is 1. The third-order valence-electron chi connectivity index (χ3n) is 3.88. The molecule has 29 heavy (non-hydrogen) atoms. The zero-order chi connectivity index (χ0) is 21.0. The molecule has 0 saturated carbocycles. The Morgan fingerprint density at radius 2 is 1.69 bits per heavy atom. The lowest BCUT2D eigenvalue weighted by molar-refractivity contribution is 0.101. The molecule has 2 N–H and O–H groups in total. The molecular weight excluding hydrogens is 458 g/mol. The van der Waals surface area contributed by atoms with Gasteiger partial charge in [-0.2, -0.15) is 0 Å². The number of carbonyl (C=O) groups is 2. The Labute approximate surface area is 176 Å². The van der Waals surface area contributed by atoms with E-state index in [1.165, 1.54) is 18.2 Å². The number of nitrogens with one attached hydrogen (secondary N) is 2. The molecule has 3 rings (SSSR count). The first-order chi connectivity index (χ1) is 13.7. The van der Waals surface area contributed by atoms with E-state index >= 15 is 0 Å². The monoisotopic (exact) mass is 473 g/mol. The van der Waals surface area contributed by atoms with E-state index < -0.39 is 21.7 Å². The van der Waals surface area contributed by atoms with Crippen molar-refractivity contribution in [2.24, 2.45) is 0 Å². The predicted octanol–water partition coefficient (Wildman–Crippen LogP) is 3.75. The van der Waals surface area contributed by atoms with Gasteiger partial charge in [-0.25, -0.2) is 13.4 Å². The van der Waals surface area contributed by atoms with Gasteiger partial charge in [0, 0.05) is 28.2 Å². The number of sulfone groups is 1. The number of benzene rings is 2. The standard InChI is InChI=1S/C20H16BrN3O4S/c1-29(27,28)17-8-3-2-7-16(17)20(26)23-15-6-4-5-13(11-15)19(25)24-18-10-9-14(21)12-22-18/h2-12H,1H3,(H,23,26)(H,22,24,25). The van der Waals surface area contributed by atoms with Gasteiger partial charge in [-0.1, -0.05) is 18.2 Å². The Morgan fingerprint density at radius 1 is 0.931 bits per heavy atom. The number of hydrogen-bond donors (Lipinski definition) is 2. The van der Waals surface area contributed by atoms with Crippen molar-refractivity contribution in [3.05, 3.63) is 82.5 Å². The van der Waals surface area contributed by atoms with Crippen molar-refractivity contribution in [2.75, 3.05) is 16.9 Å². The molecule has 9 heteroatoms. The SMILES string of the molecule is CS(=O)(=O)c1ccccc1C(=O)Nc1cccc(C(=O)Nc2ccc(Br)cn2)c1. The highest BCUT2D eigenvalue weighted by Crippen LogP contribution is 2.19. The molecule has 1 heterocycles. The molecule has 2 aromatic carbocycles. The van der Waals surface area contributed by atoms with E-state index in [-0.39, 0.29) is 10.5 Å². The van der Waals surface area contributed by atoms with E-state index in [1.54, 1.807) is 48.7 Å². The quantitative estimate of drug-likeness (QED) is 0.586. The van der Waals surface area contributed by atoms with Gasteiger partial charge in [-0.05, 0) is 58.4 Å². The Hall–Kier alpha value is -3.04. The van der Waals surface area contributed by atoms with Gasteiger partial charge in [0.25, 0.3) is 11.8 Å². The van der Waals surface area contributed by atoms with Gasteiger partial charge < -0.3 is 10.6 Å². The zero-order valence-electron chi connectivity index (χ0n) is 15.2. The minimum absolute atomic E-state index is 0.0314. The molecule has 0 spiro atoms. The fraction of sp³-hybridized carbons (Fsp3) is 0.0500. The summed E-state index contributed by atoms with van der Waals surface area (Å²) in [6.07, 6.45) is 2.60. The van der Waals surface area contributed by atoms with Crippen LogP contribution in [0.15, 0.2) is 76.2 Å². The molecule has 0 atom stereocenters.